The van der Waals surface area contributed by atoms with Crippen LogP contribution in [0.3, 0.4) is 0 Å². The Morgan fingerprint density at radius 3 is 2.25 bits per heavy atom. The summed E-state index contributed by atoms with van der Waals surface area (Å²) in [6, 6.07) is 8.11. The molecule has 0 fully saturated rings. The van der Waals surface area contributed by atoms with Crippen molar-refractivity contribution in [1.29, 1.82) is 0 Å². The van der Waals surface area contributed by atoms with Crippen LogP contribution in [0.15, 0.2) is 24.3 Å². The maximum Gasteiger partial charge on any atom is 0.242 e. The first-order valence-corrected chi connectivity index (χ1v) is 7.07. The van der Waals surface area contributed by atoms with E-state index in [9.17, 15) is 4.79 Å². The van der Waals surface area contributed by atoms with E-state index in [1.54, 1.807) is 0 Å². The molecule has 0 radical (unpaired) electrons. The lowest BCUT2D eigenvalue weighted by molar-refractivity contribution is -0.124. The molecule has 0 heterocycles. The summed E-state index contributed by atoms with van der Waals surface area (Å²) in [6.45, 7) is 7.70. The normalized spacial score (nSPS) is 14.6. The zero-order valence-electron chi connectivity index (χ0n) is 13.2. The summed E-state index contributed by atoms with van der Waals surface area (Å²) >= 11 is 0. The predicted octanol–water partition coefficient (Wildman–Crippen LogP) is 1.66. The Balaban J connectivity index is 2.91. The summed E-state index contributed by atoms with van der Waals surface area (Å²) in [7, 11) is 4.00. The molecule has 1 amide bonds. The maximum absolute atomic E-state index is 11.9. The van der Waals surface area contributed by atoms with Crippen molar-refractivity contribution >= 4 is 5.91 Å². The molecule has 1 aromatic carbocycles. The van der Waals surface area contributed by atoms with Gasteiger partial charge in [-0.15, -0.1) is 0 Å². The van der Waals surface area contributed by atoms with Crippen molar-refractivity contribution in [3.8, 4) is 0 Å². The topological polar surface area (TPSA) is 58.4 Å². The molecule has 0 aliphatic rings. The van der Waals surface area contributed by atoms with E-state index in [4.69, 9.17) is 5.73 Å². The van der Waals surface area contributed by atoms with Gasteiger partial charge in [-0.25, -0.2) is 0 Å². The van der Waals surface area contributed by atoms with Crippen LogP contribution in [-0.4, -0.2) is 38.0 Å². The highest BCUT2D eigenvalue weighted by Gasteiger charge is 2.32. The van der Waals surface area contributed by atoms with Crippen LogP contribution >= 0.6 is 0 Å². The number of hydrogen-bond acceptors (Lipinski definition) is 3. The van der Waals surface area contributed by atoms with Crippen LogP contribution in [0.5, 0.6) is 0 Å². The Hall–Kier alpha value is -1.39. The molecule has 0 saturated heterocycles. The number of carbonyl (C=O) groups is 1. The third-order valence-corrected chi connectivity index (χ3v) is 3.69. The van der Waals surface area contributed by atoms with Crippen molar-refractivity contribution in [1.82, 2.24) is 10.2 Å². The van der Waals surface area contributed by atoms with Gasteiger partial charge in [0.1, 0.15) is 5.54 Å². The molecule has 4 heteroatoms. The largest absolute Gasteiger partial charge is 0.368 e. The number of nitrogens with zero attached hydrogens (tertiary/aromatic N) is 1. The summed E-state index contributed by atoms with van der Waals surface area (Å²) in [4.78, 5) is 13.9. The van der Waals surface area contributed by atoms with Gasteiger partial charge in [0.25, 0.3) is 0 Å². The number of carbonyl (C=O) groups excluding carboxylic acids is 1. The van der Waals surface area contributed by atoms with E-state index in [-0.39, 0.29) is 5.91 Å². The summed E-state index contributed by atoms with van der Waals surface area (Å²) < 4.78 is 0. The predicted molar refractivity (Wildman–Crippen MR) is 83.6 cm³/mol. The van der Waals surface area contributed by atoms with Crippen LogP contribution in [0.4, 0.5) is 0 Å². The molecule has 0 bridgehead atoms. The number of rotatable bonds is 7. The minimum absolute atomic E-state index is 0.353. The van der Waals surface area contributed by atoms with Crippen molar-refractivity contribution in [2.45, 2.75) is 32.2 Å². The minimum Gasteiger partial charge on any atom is -0.368 e. The van der Waals surface area contributed by atoms with E-state index in [2.05, 4.69) is 36.2 Å². The van der Waals surface area contributed by atoms with Gasteiger partial charge in [-0.1, -0.05) is 38.1 Å². The first kappa shape index (κ1) is 16.7. The summed E-state index contributed by atoms with van der Waals surface area (Å²) in [5.41, 5.74) is 6.94. The van der Waals surface area contributed by atoms with E-state index in [1.165, 1.54) is 5.56 Å². The summed E-state index contributed by atoms with van der Waals surface area (Å²) in [5.74, 6) is 0.124. The lowest BCUT2D eigenvalue weighted by atomic mass is 9.89. The van der Waals surface area contributed by atoms with E-state index in [0.717, 1.165) is 12.1 Å². The van der Waals surface area contributed by atoms with E-state index in [0.29, 0.717) is 12.5 Å². The van der Waals surface area contributed by atoms with E-state index >= 15 is 0 Å². The molecule has 0 aromatic heterocycles. The first-order valence-electron chi connectivity index (χ1n) is 7.07. The zero-order chi connectivity index (χ0) is 15.3. The van der Waals surface area contributed by atoms with Gasteiger partial charge < -0.3 is 10.6 Å². The third kappa shape index (κ3) is 4.05. The lowest BCUT2D eigenvalue weighted by Crippen LogP contribution is -2.51. The Morgan fingerprint density at radius 1 is 1.30 bits per heavy atom. The molecule has 0 saturated carbocycles. The molecule has 1 atom stereocenters. The fourth-order valence-corrected chi connectivity index (χ4v) is 2.06. The Morgan fingerprint density at radius 2 is 1.85 bits per heavy atom. The zero-order valence-corrected chi connectivity index (χ0v) is 13.2. The quantitative estimate of drug-likeness (QED) is 0.797. The first-order chi connectivity index (χ1) is 9.27. The molecule has 112 valence electrons. The number of primary amides is 1. The molecule has 0 aliphatic carbocycles. The van der Waals surface area contributed by atoms with Crippen LogP contribution in [0, 0.1) is 0 Å². The average Bonchev–Trinajstić information content (AvgIpc) is 2.37. The number of amides is 1. The molecular weight excluding hydrogens is 250 g/mol. The van der Waals surface area contributed by atoms with Crippen LogP contribution in [0.1, 0.15) is 37.8 Å². The molecule has 1 aromatic rings. The number of likely N-dealkylation sites (N-methyl/N-ethyl adjacent to an activating group) is 1. The van der Waals surface area contributed by atoms with Crippen LogP contribution < -0.4 is 11.1 Å². The maximum atomic E-state index is 11.9. The summed E-state index contributed by atoms with van der Waals surface area (Å²) in [5, 5.41) is 3.28. The van der Waals surface area contributed by atoms with E-state index < -0.39 is 5.54 Å². The van der Waals surface area contributed by atoms with Crippen molar-refractivity contribution < 1.29 is 4.79 Å². The highest BCUT2D eigenvalue weighted by molar-refractivity contribution is 5.85. The Labute approximate surface area is 122 Å². The molecule has 0 aliphatic heterocycles. The van der Waals surface area contributed by atoms with Crippen LogP contribution in [0.2, 0.25) is 0 Å². The monoisotopic (exact) mass is 277 g/mol. The lowest BCUT2D eigenvalue weighted by Gasteiger charge is -2.29. The van der Waals surface area contributed by atoms with Gasteiger partial charge in [0.2, 0.25) is 5.91 Å². The Bertz CT molecular complexity index is 440. The molecule has 1 rings (SSSR count). The second-order valence-electron chi connectivity index (χ2n) is 6.00. The second-order valence-corrected chi connectivity index (χ2v) is 6.00. The molecular formula is C16H27N3O. The fourth-order valence-electron chi connectivity index (χ4n) is 2.06. The minimum atomic E-state index is -0.828. The van der Waals surface area contributed by atoms with Gasteiger partial charge in [0.15, 0.2) is 0 Å². The Kier molecular flexibility index (Phi) is 5.72. The molecule has 0 spiro atoms. The molecule has 4 nitrogen and oxygen atoms in total. The van der Waals surface area contributed by atoms with Gasteiger partial charge in [-0.2, -0.15) is 0 Å². The summed E-state index contributed by atoms with van der Waals surface area (Å²) in [6.07, 6.45) is 0. The number of benzene rings is 1. The standard InChI is InChI=1S/C16H27N3O/c1-12(2)13-6-8-14(9-7-13)16(3,15(17)20)18-10-11-19(4)5/h6-9,12,18H,10-11H2,1-5H3,(H2,17,20). The molecule has 1 unspecified atom stereocenters. The van der Waals surface area contributed by atoms with Gasteiger partial charge in [0, 0.05) is 13.1 Å². The fraction of sp³-hybridized carbons (Fsp3) is 0.562. The number of nitrogens with two attached hydrogens (primary N) is 1. The van der Waals surface area contributed by atoms with Gasteiger partial charge in [0.05, 0.1) is 0 Å². The van der Waals surface area contributed by atoms with E-state index in [1.807, 2.05) is 33.2 Å². The third-order valence-electron chi connectivity index (χ3n) is 3.69. The van der Waals surface area contributed by atoms with Crippen molar-refractivity contribution in [2.24, 2.45) is 5.73 Å². The SMILES string of the molecule is CC(C)c1ccc(C(C)(NCCN(C)C)C(N)=O)cc1. The van der Waals surface area contributed by atoms with Crippen molar-refractivity contribution in [2.75, 3.05) is 27.2 Å². The second kappa shape index (κ2) is 6.86. The van der Waals surface area contributed by atoms with Gasteiger partial charge in [-0.05, 0) is 38.1 Å². The van der Waals surface area contributed by atoms with Crippen LogP contribution in [-0.2, 0) is 10.3 Å². The van der Waals surface area contributed by atoms with Crippen LogP contribution in [0.25, 0.3) is 0 Å². The van der Waals surface area contributed by atoms with Gasteiger partial charge >= 0.3 is 0 Å². The van der Waals surface area contributed by atoms with Gasteiger partial charge in [-0.3, -0.25) is 10.1 Å². The number of hydrogen-bond donors (Lipinski definition) is 2. The highest BCUT2D eigenvalue weighted by Crippen LogP contribution is 2.23. The van der Waals surface area contributed by atoms with Crippen molar-refractivity contribution in [3.63, 3.8) is 0 Å². The smallest absolute Gasteiger partial charge is 0.242 e. The van der Waals surface area contributed by atoms with Crippen molar-refractivity contribution in [3.05, 3.63) is 35.4 Å². The molecule has 3 N–H and O–H groups in total. The average molecular weight is 277 g/mol. The highest BCUT2D eigenvalue weighted by atomic mass is 16.1. The number of nitrogens with one attached hydrogen (secondary N) is 1. The molecule has 20 heavy (non-hydrogen) atoms.